The van der Waals surface area contributed by atoms with Gasteiger partial charge in [0, 0.05) is 51.0 Å². The molecule has 3 aromatic rings. The number of fused-ring (bicyclic) bond motifs is 3. The van der Waals surface area contributed by atoms with Crippen molar-refractivity contribution in [2.45, 2.75) is 23.3 Å². The van der Waals surface area contributed by atoms with E-state index in [9.17, 15) is 17.6 Å². The fraction of sp³-hybridized carbons (Fsp3) is 0.385. The van der Waals surface area contributed by atoms with E-state index >= 15 is 0 Å². The van der Waals surface area contributed by atoms with Crippen LogP contribution in [0, 0.1) is 5.82 Å². The Morgan fingerprint density at radius 3 is 2.57 bits per heavy atom. The summed E-state index contributed by atoms with van der Waals surface area (Å²) in [5, 5.41) is 4.64. The molecule has 0 saturated carbocycles. The van der Waals surface area contributed by atoms with Crippen LogP contribution in [0.15, 0.2) is 47.4 Å². The zero-order chi connectivity index (χ0) is 25.7. The molecule has 6 rings (SSSR count). The third-order valence-corrected chi connectivity index (χ3v) is 8.90. The number of hydrogen-bond acceptors (Lipinski definition) is 7. The number of aromatic nitrogens is 2. The SMILES string of the molecule is COC1CN(Cc2ccc(-n3nc(C(=O)N4CCOCC4)c4c3-c3cccc(F)c3S(=O)(=O)C4)cc2)C1. The predicted octanol–water partition coefficient (Wildman–Crippen LogP) is 2.27. The van der Waals surface area contributed by atoms with Crippen molar-refractivity contribution in [2.75, 3.05) is 46.5 Å². The summed E-state index contributed by atoms with van der Waals surface area (Å²) in [6.07, 6.45) is 0.272. The molecule has 0 aliphatic carbocycles. The first-order valence-electron chi connectivity index (χ1n) is 12.2. The number of halogens is 1. The summed E-state index contributed by atoms with van der Waals surface area (Å²) in [5.74, 6) is -1.65. The molecule has 2 aromatic carbocycles. The molecule has 2 fully saturated rings. The average molecular weight is 527 g/mol. The maximum absolute atomic E-state index is 14.8. The molecule has 0 N–H and O–H groups in total. The fourth-order valence-corrected chi connectivity index (χ4v) is 6.88. The topological polar surface area (TPSA) is 94.0 Å². The Labute approximate surface area is 214 Å². The molecule has 2 saturated heterocycles. The highest BCUT2D eigenvalue weighted by molar-refractivity contribution is 7.91. The van der Waals surface area contributed by atoms with Crippen molar-refractivity contribution in [2.24, 2.45) is 0 Å². The van der Waals surface area contributed by atoms with E-state index in [0.29, 0.717) is 43.2 Å². The highest BCUT2D eigenvalue weighted by Gasteiger charge is 2.39. The zero-order valence-corrected chi connectivity index (χ0v) is 21.2. The minimum Gasteiger partial charge on any atom is -0.379 e. The molecular weight excluding hydrogens is 499 g/mol. The first-order valence-corrected chi connectivity index (χ1v) is 13.9. The molecule has 0 atom stereocenters. The van der Waals surface area contributed by atoms with Gasteiger partial charge in [-0.3, -0.25) is 9.69 Å². The standard InChI is InChI=1S/C26H27FN4O5S/c1-35-19-14-29(15-19)13-17-5-7-18(8-6-17)31-24-20-3-2-4-22(27)25(20)37(33,34)16-21(24)23(28-31)26(32)30-9-11-36-12-10-30/h2-8,19H,9-16H2,1H3. The van der Waals surface area contributed by atoms with Gasteiger partial charge in [-0.25, -0.2) is 17.5 Å². The summed E-state index contributed by atoms with van der Waals surface area (Å²) < 4.78 is 53.4. The van der Waals surface area contributed by atoms with E-state index in [2.05, 4.69) is 10.00 Å². The van der Waals surface area contributed by atoms with Crippen molar-refractivity contribution in [1.29, 1.82) is 0 Å². The third kappa shape index (κ3) is 4.25. The van der Waals surface area contributed by atoms with E-state index in [1.807, 2.05) is 24.3 Å². The van der Waals surface area contributed by atoms with E-state index in [4.69, 9.17) is 9.47 Å². The Morgan fingerprint density at radius 2 is 1.86 bits per heavy atom. The third-order valence-electron chi connectivity index (χ3n) is 7.20. The molecule has 0 unspecified atom stereocenters. The second-order valence-electron chi connectivity index (χ2n) is 9.59. The molecular formula is C26H27FN4O5S. The molecule has 9 nitrogen and oxygen atoms in total. The maximum Gasteiger partial charge on any atom is 0.274 e. The number of ether oxygens (including phenoxy) is 2. The zero-order valence-electron chi connectivity index (χ0n) is 20.4. The largest absolute Gasteiger partial charge is 0.379 e. The van der Waals surface area contributed by atoms with Gasteiger partial charge in [-0.05, 0) is 23.8 Å². The van der Waals surface area contributed by atoms with Gasteiger partial charge in [0.1, 0.15) is 10.7 Å². The summed E-state index contributed by atoms with van der Waals surface area (Å²) in [6.45, 7) is 4.16. The van der Waals surface area contributed by atoms with Crippen molar-refractivity contribution >= 4 is 15.7 Å². The highest BCUT2D eigenvalue weighted by Crippen LogP contribution is 2.42. The Balaban J connectivity index is 1.43. The number of benzene rings is 2. The number of carbonyl (C=O) groups is 1. The molecule has 1 amide bonds. The van der Waals surface area contributed by atoms with Crippen molar-refractivity contribution in [3.63, 3.8) is 0 Å². The maximum atomic E-state index is 14.8. The van der Waals surface area contributed by atoms with Crippen LogP contribution in [0.1, 0.15) is 21.6 Å². The first-order chi connectivity index (χ1) is 17.9. The van der Waals surface area contributed by atoms with E-state index in [0.717, 1.165) is 31.3 Å². The Hall–Kier alpha value is -3.12. The summed E-state index contributed by atoms with van der Waals surface area (Å²) in [5.41, 5.74) is 2.78. The number of rotatable bonds is 5. The van der Waals surface area contributed by atoms with Gasteiger partial charge in [-0.1, -0.05) is 24.3 Å². The van der Waals surface area contributed by atoms with Crippen LogP contribution in [-0.2, 0) is 31.6 Å². The Morgan fingerprint density at radius 1 is 1.14 bits per heavy atom. The average Bonchev–Trinajstić information content (AvgIpc) is 3.24. The lowest BCUT2D eigenvalue weighted by atomic mass is 10.0. The monoisotopic (exact) mass is 526 g/mol. The van der Waals surface area contributed by atoms with Crippen molar-refractivity contribution < 1.29 is 27.1 Å². The van der Waals surface area contributed by atoms with E-state index in [-0.39, 0.29) is 28.2 Å². The molecule has 37 heavy (non-hydrogen) atoms. The van der Waals surface area contributed by atoms with Crippen molar-refractivity contribution in [3.8, 4) is 16.9 Å². The van der Waals surface area contributed by atoms with E-state index in [1.54, 1.807) is 22.8 Å². The Bertz CT molecular complexity index is 1460. The van der Waals surface area contributed by atoms with Gasteiger partial charge in [-0.2, -0.15) is 5.10 Å². The molecule has 0 bridgehead atoms. The van der Waals surface area contributed by atoms with E-state index in [1.165, 1.54) is 6.07 Å². The van der Waals surface area contributed by atoms with Gasteiger partial charge in [0.2, 0.25) is 0 Å². The van der Waals surface area contributed by atoms with Gasteiger partial charge >= 0.3 is 0 Å². The van der Waals surface area contributed by atoms with Gasteiger partial charge in [0.25, 0.3) is 5.91 Å². The summed E-state index contributed by atoms with van der Waals surface area (Å²) in [4.78, 5) is 17.0. The van der Waals surface area contributed by atoms with Crippen LogP contribution in [0.5, 0.6) is 0 Å². The number of morpholine rings is 1. The number of amides is 1. The van der Waals surface area contributed by atoms with Crippen LogP contribution in [0.3, 0.4) is 0 Å². The van der Waals surface area contributed by atoms with Crippen LogP contribution in [0.4, 0.5) is 4.39 Å². The number of sulfone groups is 1. The van der Waals surface area contributed by atoms with Gasteiger partial charge in [-0.15, -0.1) is 0 Å². The number of methoxy groups -OCH3 is 1. The van der Waals surface area contributed by atoms with Crippen molar-refractivity contribution in [3.05, 3.63) is 65.1 Å². The predicted molar refractivity (Wildman–Crippen MR) is 133 cm³/mol. The molecule has 4 heterocycles. The molecule has 3 aliphatic rings. The lowest BCUT2D eigenvalue weighted by Crippen LogP contribution is -2.50. The van der Waals surface area contributed by atoms with Crippen LogP contribution in [0.25, 0.3) is 16.9 Å². The Kier molecular flexibility index (Phi) is 6.10. The highest BCUT2D eigenvalue weighted by atomic mass is 32.2. The summed E-state index contributed by atoms with van der Waals surface area (Å²) >= 11 is 0. The van der Waals surface area contributed by atoms with E-state index < -0.39 is 21.4 Å². The van der Waals surface area contributed by atoms with Crippen LogP contribution >= 0.6 is 0 Å². The van der Waals surface area contributed by atoms with Crippen LogP contribution in [-0.4, -0.2) is 86.5 Å². The fourth-order valence-electron chi connectivity index (χ4n) is 5.21. The van der Waals surface area contributed by atoms with Gasteiger partial charge in [0.15, 0.2) is 15.5 Å². The summed E-state index contributed by atoms with van der Waals surface area (Å²) in [7, 11) is -2.29. The number of hydrogen-bond donors (Lipinski definition) is 0. The quantitative estimate of drug-likeness (QED) is 0.504. The normalized spacial score (nSPS) is 19.2. The number of carbonyl (C=O) groups excluding carboxylic acids is 1. The molecule has 0 spiro atoms. The van der Waals surface area contributed by atoms with Gasteiger partial charge in [0.05, 0.1) is 36.5 Å². The smallest absolute Gasteiger partial charge is 0.274 e. The minimum atomic E-state index is -4.00. The molecule has 3 aliphatic heterocycles. The first kappa shape index (κ1) is 24.2. The van der Waals surface area contributed by atoms with Crippen LogP contribution < -0.4 is 0 Å². The van der Waals surface area contributed by atoms with Crippen LogP contribution in [0.2, 0.25) is 0 Å². The molecule has 11 heteroatoms. The molecule has 1 aromatic heterocycles. The van der Waals surface area contributed by atoms with Gasteiger partial charge < -0.3 is 14.4 Å². The van der Waals surface area contributed by atoms with Crippen molar-refractivity contribution in [1.82, 2.24) is 19.6 Å². The number of likely N-dealkylation sites (tertiary alicyclic amines) is 1. The second kappa shape index (κ2) is 9.32. The number of nitrogens with zero attached hydrogens (tertiary/aromatic N) is 4. The lowest BCUT2D eigenvalue weighted by molar-refractivity contribution is -0.0333. The molecule has 0 radical (unpaired) electrons. The lowest BCUT2D eigenvalue weighted by Gasteiger charge is -2.38. The molecule has 194 valence electrons. The minimum absolute atomic E-state index is 0.0747. The second-order valence-corrected chi connectivity index (χ2v) is 11.5. The summed E-state index contributed by atoms with van der Waals surface area (Å²) in [6, 6.07) is 11.9.